The summed E-state index contributed by atoms with van der Waals surface area (Å²) in [6, 6.07) is 9.28. The van der Waals surface area contributed by atoms with E-state index in [2.05, 4.69) is 33.4 Å². The molecule has 21 heavy (non-hydrogen) atoms. The summed E-state index contributed by atoms with van der Waals surface area (Å²) in [5.41, 5.74) is 5.17. The monoisotopic (exact) mass is 348 g/mol. The van der Waals surface area contributed by atoms with Gasteiger partial charge in [0.25, 0.3) is 5.69 Å². The van der Waals surface area contributed by atoms with Crippen LogP contribution in [0.1, 0.15) is 22.3 Å². The van der Waals surface area contributed by atoms with E-state index in [0.717, 1.165) is 26.9 Å². The van der Waals surface area contributed by atoms with Gasteiger partial charge >= 0.3 is 0 Å². The molecule has 0 fully saturated rings. The van der Waals surface area contributed by atoms with Gasteiger partial charge in [0.2, 0.25) is 0 Å². The maximum Gasteiger partial charge on any atom is 0.272 e. The van der Waals surface area contributed by atoms with E-state index < -0.39 is 0 Å². The second-order valence-corrected chi connectivity index (χ2v) is 6.00. The van der Waals surface area contributed by atoms with Crippen molar-refractivity contribution in [2.75, 3.05) is 5.32 Å². The first-order valence-electron chi connectivity index (χ1n) is 6.63. The van der Waals surface area contributed by atoms with Crippen LogP contribution in [0.2, 0.25) is 0 Å². The number of nitro groups is 1. The molecule has 0 heterocycles. The van der Waals surface area contributed by atoms with Gasteiger partial charge in [0.1, 0.15) is 0 Å². The molecular formula is C16H17BrN2O2. The lowest BCUT2D eigenvalue weighted by Gasteiger charge is -2.14. The first kappa shape index (κ1) is 15.5. The Morgan fingerprint density at radius 1 is 1.19 bits per heavy atom. The molecule has 0 radical (unpaired) electrons. The predicted octanol–water partition coefficient (Wildman–Crippen LogP) is 4.89. The van der Waals surface area contributed by atoms with E-state index in [4.69, 9.17) is 0 Å². The minimum Gasteiger partial charge on any atom is -0.381 e. The topological polar surface area (TPSA) is 55.2 Å². The molecule has 0 aliphatic carbocycles. The third kappa shape index (κ3) is 3.42. The van der Waals surface area contributed by atoms with Crippen LogP contribution in [0.5, 0.6) is 0 Å². The molecule has 0 aliphatic heterocycles. The second kappa shape index (κ2) is 6.26. The number of anilines is 1. The van der Waals surface area contributed by atoms with Crippen molar-refractivity contribution in [1.29, 1.82) is 0 Å². The smallest absolute Gasteiger partial charge is 0.272 e. The number of hydrogen-bond donors (Lipinski definition) is 1. The molecule has 4 nitrogen and oxygen atoms in total. The lowest BCUT2D eigenvalue weighted by Crippen LogP contribution is -2.05. The molecule has 0 atom stereocenters. The standard InChI is InChI=1S/C16H17BrN2O2/c1-10-7-14(17)8-11(2)16(10)18-9-13-5-4-6-15(12(13)3)19(20)21/h4-8,18H,9H2,1-3H3. The minimum atomic E-state index is -0.338. The Hall–Kier alpha value is -1.88. The van der Waals surface area contributed by atoms with Gasteiger partial charge in [-0.25, -0.2) is 0 Å². The molecule has 0 spiro atoms. The Morgan fingerprint density at radius 3 is 2.38 bits per heavy atom. The Kier molecular flexibility index (Phi) is 4.63. The summed E-state index contributed by atoms with van der Waals surface area (Å²) in [5.74, 6) is 0. The van der Waals surface area contributed by atoms with Crippen LogP contribution in [0.25, 0.3) is 0 Å². The number of aryl methyl sites for hydroxylation is 2. The number of nitro benzene ring substituents is 1. The molecule has 2 rings (SSSR count). The molecule has 0 saturated carbocycles. The first-order chi connectivity index (χ1) is 9.90. The average molecular weight is 349 g/mol. The minimum absolute atomic E-state index is 0.165. The third-order valence-corrected chi connectivity index (χ3v) is 4.02. The van der Waals surface area contributed by atoms with Crippen LogP contribution < -0.4 is 5.32 Å². The SMILES string of the molecule is Cc1cc(Br)cc(C)c1NCc1cccc([N+](=O)[O-])c1C. The summed E-state index contributed by atoms with van der Waals surface area (Å²) in [6.45, 7) is 6.44. The van der Waals surface area contributed by atoms with E-state index >= 15 is 0 Å². The van der Waals surface area contributed by atoms with Crippen molar-refractivity contribution < 1.29 is 4.92 Å². The van der Waals surface area contributed by atoms with Crippen LogP contribution in [-0.4, -0.2) is 4.92 Å². The van der Waals surface area contributed by atoms with Gasteiger partial charge in [-0.15, -0.1) is 0 Å². The second-order valence-electron chi connectivity index (χ2n) is 5.09. The summed E-state index contributed by atoms with van der Waals surface area (Å²) >= 11 is 3.48. The Balaban J connectivity index is 2.25. The fraction of sp³-hybridized carbons (Fsp3) is 0.250. The molecule has 0 saturated heterocycles. The van der Waals surface area contributed by atoms with E-state index in [1.54, 1.807) is 13.0 Å². The van der Waals surface area contributed by atoms with Crippen molar-refractivity contribution in [1.82, 2.24) is 0 Å². The summed E-state index contributed by atoms with van der Waals surface area (Å²) in [6.07, 6.45) is 0. The number of rotatable bonds is 4. The van der Waals surface area contributed by atoms with Crippen LogP contribution in [0, 0.1) is 30.9 Å². The molecule has 0 aliphatic rings. The molecule has 1 N–H and O–H groups in total. The number of benzene rings is 2. The van der Waals surface area contributed by atoms with Gasteiger partial charge in [0.15, 0.2) is 0 Å². The van der Waals surface area contributed by atoms with Crippen LogP contribution >= 0.6 is 15.9 Å². The molecule has 0 amide bonds. The maximum atomic E-state index is 11.0. The van der Waals surface area contributed by atoms with Gasteiger partial charge in [0.05, 0.1) is 4.92 Å². The van der Waals surface area contributed by atoms with Crippen molar-refractivity contribution in [2.45, 2.75) is 27.3 Å². The zero-order valence-corrected chi connectivity index (χ0v) is 13.8. The van der Waals surface area contributed by atoms with E-state index in [-0.39, 0.29) is 10.6 Å². The van der Waals surface area contributed by atoms with Gasteiger partial charge < -0.3 is 5.32 Å². The summed E-state index contributed by atoms with van der Waals surface area (Å²) in [5, 5.41) is 14.4. The quantitative estimate of drug-likeness (QED) is 0.631. The van der Waals surface area contributed by atoms with Crippen LogP contribution in [0.15, 0.2) is 34.8 Å². The normalized spacial score (nSPS) is 10.5. The largest absolute Gasteiger partial charge is 0.381 e. The van der Waals surface area contributed by atoms with Crippen molar-refractivity contribution in [3.63, 3.8) is 0 Å². The van der Waals surface area contributed by atoms with E-state index in [9.17, 15) is 10.1 Å². The Morgan fingerprint density at radius 2 is 1.81 bits per heavy atom. The van der Waals surface area contributed by atoms with Crippen LogP contribution in [-0.2, 0) is 6.54 Å². The molecule has 5 heteroatoms. The zero-order valence-electron chi connectivity index (χ0n) is 12.2. The maximum absolute atomic E-state index is 11.0. The predicted molar refractivity (Wildman–Crippen MR) is 88.8 cm³/mol. The zero-order chi connectivity index (χ0) is 15.6. The molecule has 110 valence electrons. The van der Waals surface area contributed by atoms with Crippen molar-refractivity contribution in [3.8, 4) is 0 Å². The highest BCUT2D eigenvalue weighted by atomic mass is 79.9. The van der Waals surface area contributed by atoms with Crippen molar-refractivity contribution >= 4 is 27.3 Å². The van der Waals surface area contributed by atoms with Gasteiger partial charge in [-0.3, -0.25) is 10.1 Å². The van der Waals surface area contributed by atoms with Crippen molar-refractivity contribution in [2.24, 2.45) is 0 Å². The number of nitrogens with one attached hydrogen (secondary N) is 1. The Labute approximate surface area is 132 Å². The Bertz CT molecular complexity index is 676. The number of nitrogens with zero attached hydrogens (tertiary/aromatic N) is 1. The van der Waals surface area contributed by atoms with Crippen LogP contribution in [0.4, 0.5) is 11.4 Å². The number of halogens is 1. The summed E-state index contributed by atoms with van der Waals surface area (Å²) < 4.78 is 1.05. The lowest BCUT2D eigenvalue weighted by molar-refractivity contribution is -0.385. The fourth-order valence-electron chi connectivity index (χ4n) is 2.43. The highest BCUT2D eigenvalue weighted by Gasteiger charge is 2.13. The van der Waals surface area contributed by atoms with Crippen LogP contribution in [0.3, 0.4) is 0 Å². The molecule has 0 bridgehead atoms. The molecule has 2 aromatic carbocycles. The lowest BCUT2D eigenvalue weighted by atomic mass is 10.1. The highest BCUT2D eigenvalue weighted by molar-refractivity contribution is 9.10. The van der Waals surface area contributed by atoms with Gasteiger partial charge in [0, 0.05) is 28.3 Å². The average Bonchev–Trinajstić information content (AvgIpc) is 2.38. The molecule has 0 unspecified atom stereocenters. The molecule has 2 aromatic rings. The first-order valence-corrected chi connectivity index (χ1v) is 7.43. The van der Waals surface area contributed by atoms with E-state index in [1.165, 1.54) is 6.07 Å². The number of hydrogen-bond acceptors (Lipinski definition) is 3. The fourth-order valence-corrected chi connectivity index (χ4v) is 3.12. The summed E-state index contributed by atoms with van der Waals surface area (Å²) in [4.78, 5) is 10.6. The summed E-state index contributed by atoms with van der Waals surface area (Å²) in [7, 11) is 0. The highest BCUT2D eigenvalue weighted by Crippen LogP contribution is 2.27. The van der Waals surface area contributed by atoms with Gasteiger partial charge in [-0.2, -0.15) is 0 Å². The molecular weight excluding hydrogens is 332 g/mol. The third-order valence-electron chi connectivity index (χ3n) is 3.57. The van der Waals surface area contributed by atoms with E-state index in [0.29, 0.717) is 12.1 Å². The van der Waals surface area contributed by atoms with Gasteiger partial charge in [-0.1, -0.05) is 28.1 Å². The molecule has 0 aromatic heterocycles. The van der Waals surface area contributed by atoms with E-state index in [1.807, 2.05) is 19.9 Å². The van der Waals surface area contributed by atoms with Crippen molar-refractivity contribution in [3.05, 3.63) is 67.2 Å². The van der Waals surface area contributed by atoms with Gasteiger partial charge in [-0.05, 0) is 49.6 Å².